The SMILES string of the molecule is CC(C)(CO)Cc1ccccc1O. The molecule has 0 radical (unpaired) electrons. The van der Waals surface area contributed by atoms with E-state index in [0.717, 1.165) is 5.56 Å². The second kappa shape index (κ2) is 3.79. The highest BCUT2D eigenvalue weighted by Crippen LogP contribution is 2.26. The minimum Gasteiger partial charge on any atom is -0.508 e. The lowest BCUT2D eigenvalue weighted by Crippen LogP contribution is -2.19. The van der Waals surface area contributed by atoms with Gasteiger partial charge in [0, 0.05) is 6.61 Å². The largest absolute Gasteiger partial charge is 0.508 e. The van der Waals surface area contributed by atoms with Crippen LogP contribution in [0, 0.1) is 5.41 Å². The summed E-state index contributed by atoms with van der Waals surface area (Å²) < 4.78 is 0. The molecular weight excluding hydrogens is 164 g/mol. The van der Waals surface area contributed by atoms with Gasteiger partial charge in [0.2, 0.25) is 0 Å². The molecule has 0 aliphatic rings. The first kappa shape index (κ1) is 10.1. The van der Waals surface area contributed by atoms with Crippen LogP contribution in [-0.4, -0.2) is 16.8 Å². The molecule has 1 rings (SSSR count). The van der Waals surface area contributed by atoms with Crippen LogP contribution in [0.5, 0.6) is 5.75 Å². The molecule has 13 heavy (non-hydrogen) atoms. The van der Waals surface area contributed by atoms with Gasteiger partial charge in [-0.15, -0.1) is 0 Å². The molecule has 1 aromatic carbocycles. The van der Waals surface area contributed by atoms with Crippen molar-refractivity contribution in [2.75, 3.05) is 6.61 Å². The molecule has 0 spiro atoms. The van der Waals surface area contributed by atoms with E-state index in [1.807, 2.05) is 26.0 Å². The van der Waals surface area contributed by atoms with Crippen LogP contribution in [0.2, 0.25) is 0 Å². The maximum Gasteiger partial charge on any atom is 0.118 e. The number of rotatable bonds is 3. The van der Waals surface area contributed by atoms with E-state index >= 15 is 0 Å². The second-order valence-corrected chi connectivity index (χ2v) is 4.13. The summed E-state index contributed by atoms with van der Waals surface area (Å²) in [5, 5.41) is 18.6. The van der Waals surface area contributed by atoms with Crippen molar-refractivity contribution < 1.29 is 10.2 Å². The van der Waals surface area contributed by atoms with Crippen molar-refractivity contribution in [3.05, 3.63) is 29.8 Å². The van der Waals surface area contributed by atoms with Crippen molar-refractivity contribution in [1.29, 1.82) is 0 Å². The third-order valence-corrected chi connectivity index (χ3v) is 2.09. The monoisotopic (exact) mass is 180 g/mol. The van der Waals surface area contributed by atoms with Gasteiger partial charge in [0.25, 0.3) is 0 Å². The smallest absolute Gasteiger partial charge is 0.118 e. The number of hydrogen-bond acceptors (Lipinski definition) is 2. The highest BCUT2D eigenvalue weighted by Gasteiger charge is 2.18. The lowest BCUT2D eigenvalue weighted by Gasteiger charge is -2.21. The fourth-order valence-electron chi connectivity index (χ4n) is 1.23. The van der Waals surface area contributed by atoms with Crippen molar-refractivity contribution in [2.24, 2.45) is 5.41 Å². The van der Waals surface area contributed by atoms with Crippen molar-refractivity contribution in [3.63, 3.8) is 0 Å². The molecular formula is C11H16O2. The molecule has 1 aromatic rings. The molecule has 0 saturated carbocycles. The number of aromatic hydroxyl groups is 1. The molecule has 0 bridgehead atoms. The lowest BCUT2D eigenvalue weighted by atomic mass is 9.86. The summed E-state index contributed by atoms with van der Waals surface area (Å²) in [5.41, 5.74) is 0.723. The molecule has 0 fully saturated rings. The van der Waals surface area contributed by atoms with Crippen molar-refractivity contribution in [3.8, 4) is 5.75 Å². The number of para-hydroxylation sites is 1. The van der Waals surface area contributed by atoms with Crippen molar-refractivity contribution in [1.82, 2.24) is 0 Å². The first-order valence-electron chi connectivity index (χ1n) is 4.43. The molecule has 0 saturated heterocycles. The van der Waals surface area contributed by atoms with Gasteiger partial charge in [0.15, 0.2) is 0 Å². The molecule has 2 heteroatoms. The molecule has 0 heterocycles. The first-order valence-corrected chi connectivity index (χ1v) is 4.43. The van der Waals surface area contributed by atoms with Gasteiger partial charge in [-0.05, 0) is 23.5 Å². The summed E-state index contributed by atoms with van der Waals surface area (Å²) >= 11 is 0. The van der Waals surface area contributed by atoms with Gasteiger partial charge >= 0.3 is 0 Å². The van der Waals surface area contributed by atoms with Crippen LogP contribution >= 0.6 is 0 Å². The zero-order chi connectivity index (χ0) is 9.90. The Bertz CT molecular complexity index is 279. The van der Waals surface area contributed by atoms with Crippen molar-refractivity contribution in [2.45, 2.75) is 20.3 Å². The Morgan fingerprint density at radius 1 is 1.23 bits per heavy atom. The van der Waals surface area contributed by atoms with Crippen LogP contribution in [0.4, 0.5) is 0 Å². The van der Waals surface area contributed by atoms with Gasteiger partial charge < -0.3 is 10.2 Å². The van der Waals surface area contributed by atoms with E-state index in [0.29, 0.717) is 12.2 Å². The molecule has 72 valence electrons. The minimum atomic E-state index is -0.168. The van der Waals surface area contributed by atoms with Crippen LogP contribution < -0.4 is 0 Å². The summed E-state index contributed by atoms with van der Waals surface area (Å²) in [6.07, 6.45) is 0.691. The van der Waals surface area contributed by atoms with E-state index in [2.05, 4.69) is 0 Å². The van der Waals surface area contributed by atoms with Crippen LogP contribution in [-0.2, 0) is 6.42 Å². The van der Waals surface area contributed by atoms with E-state index < -0.39 is 0 Å². The van der Waals surface area contributed by atoms with E-state index in [4.69, 9.17) is 5.11 Å². The van der Waals surface area contributed by atoms with Crippen LogP contribution in [0.25, 0.3) is 0 Å². The Labute approximate surface area is 78.8 Å². The van der Waals surface area contributed by atoms with E-state index in [9.17, 15) is 5.11 Å². The molecule has 2 nitrogen and oxygen atoms in total. The highest BCUT2D eigenvalue weighted by molar-refractivity contribution is 5.32. The number of benzene rings is 1. The van der Waals surface area contributed by atoms with Crippen LogP contribution in [0.3, 0.4) is 0 Å². The van der Waals surface area contributed by atoms with Crippen LogP contribution in [0.1, 0.15) is 19.4 Å². The molecule has 2 N–H and O–H groups in total. The number of aliphatic hydroxyl groups is 1. The van der Waals surface area contributed by atoms with Gasteiger partial charge in [-0.3, -0.25) is 0 Å². The predicted molar refractivity (Wildman–Crippen MR) is 52.7 cm³/mol. The first-order chi connectivity index (χ1) is 6.05. The fourth-order valence-corrected chi connectivity index (χ4v) is 1.23. The molecule has 0 atom stereocenters. The topological polar surface area (TPSA) is 40.5 Å². The van der Waals surface area contributed by atoms with Gasteiger partial charge in [0.1, 0.15) is 5.75 Å². The summed E-state index contributed by atoms with van der Waals surface area (Å²) in [4.78, 5) is 0. The maximum atomic E-state index is 9.49. The standard InChI is InChI=1S/C11H16O2/c1-11(2,8-12)7-9-5-3-4-6-10(9)13/h3-6,12-13H,7-8H2,1-2H3. The van der Waals surface area contributed by atoms with Crippen LogP contribution in [0.15, 0.2) is 24.3 Å². The maximum absolute atomic E-state index is 9.49. The Hall–Kier alpha value is -1.02. The molecule has 0 amide bonds. The quantitative estimate of drug-likeness (QED) is 0.746. The Kier molecular flexibility index (Phi) is 2.94. The zero-order valence-electron chi connectivity index (χ0n) is 8.12. The van der Waals surface area contributed by atoms with E-state index in [1.165, 1.54) is 0 Å². The highest BCUT2D eigenvalue weighted by atomic mass is 16.3. The summed E-state index contributed by atoms with van der Waals surface area (Å²) in [7, 11) is 0. The van der Waals surface area contributed by atoms with Gasteiger partial charge in [-0.2, -0.15) is 0 Å². The molecule has 0 aromatic heterocycles. The molecule has 0 aliphatic carbocycles. The third-order valence-electron chi connectivity index (χ3n) is 2.09. The Morgan fingerprint density at radius 3 is 2.38 bits per heavy atom. The molecule has 0 aliphatic heterocycles. The summed E-state index contributed by atoms with van der Waals surface area (Å²) in [6, 6.07) is 7.24. The lowest BCUT2D eigenvalue weighted by molar-refractivity contribution is 0.159. The Morgan fingerprint density at radius 2 is 1.85 bits per heavy atom. The third kappa shape index (κ3) is 2.74. The predicted octanol–water partition coefficient (Wildman–Crippen LogP) is 1.95. The number of hydrogen-bond donors (Lipinski definition) is 2. The molecule has 0 unspecified atom stereocenters. The minimum absolute atomic E-state index is 0.126. The fraction of sp³-hybridized carbons (Fsp3) is 0.455. The number of phenols is 1. The second-order valence-electron chi connectivity index (χ2n) is 4.13. The van der Waals surface area contributed by atoms with Gasteiger partial charge in [0.05, 0.1) is 0 Å². The Balaban J connectivity index is 2.80. The summed E-state index contributed by atoms with van der Waals surface area (Å²) in [6.45, 7) is 4.07. The van der Waals surface area contributed by atoms with E-state index in [1.54, 1.807) is 12.1 Å². The number of phenolic OH excluding ortho intramolecular Hbond substituents is 1. The number of aliphatic hydroxyl groups excluding tert-OH is 1. The normalized spacial score (nSPS) is 11.6. The van der Waals surface area contributed by atoms with Gasteiger partial charge in [-0.25, -0.2) is 0 Å². The average molecular weight is 180 g/mol. The van der Waals surface area contributed by atoms with Crippen molar-refractivity contribution >= 4 is 0 Å². The van der Waals surface area contributed by atoms with Gasteiger partial charge in [-0.1, -0.05) is 32.0 Å². The average Bonchev–Trinajstić information content (AvgIpc) is 2.09. The van der Waals surface area contributed by atoms with E-state index in [-0.39, 0.29) is 12.0 Å². The summed E-state index contributed by atoms with van der Waals surface area (Å²) in [5.74, 6) is 0.309. The zero-order valence-corrected chi connectivity index (χ0v) is 8.12.